The Morgan fingerprint density at radius 2 is 1.61 bits per heavy atom. The third-order valence-electron chi connectivity index (χ3n) is 6.47. The molecule has 0 aliphatic rings. The molecule has 230 valence electrons. The van der Waals surface area contributed by atoms with Crippen LogP contribution >= 0.6 is 0 Å². The number of amides is 4. The fourth-order valence-corrected chi connectivity index (χ4v) is 4.22. The topological polar surface area (TPSA) is 157 Å². The Labute approximate surface area is 243 Å². The fourth-order valence-electron chi connectivity index (χ4n) is 4.22. The van der Waals surface area contributed by atoms with E-state index in [-0.39, 0.29) is 6.54 Å². The first-order valence-electron chi connectivity index (χ1n) is 14.2. The Morgan fingerprint density at radius 3 is 2.17 bits per heavy atom. The SMILES string of the molecule is CCCCCCCCN(C(=O)C(CC(N)=O)NC(=O)OC(C)(C)C)C(C(=O)NCC(=O)OC)c1ccc(C)c(C)c1. The van der Waals surface area contributed by atoms with E-state index in [0.29, 0.717) is 12.0 Å². The van der Waals surface area contributed by atoms with Gasteiger partial charge in [0.05, 0.1) is 13.5 Å². The second-order valence-corrected chi connectivity index (χ2v) is 11.2. The largest absolute Gasteiger partial charge is 0.468 e. The maximum atomic E-state index is 14.1. The van der Waals surface area contributed by atoms with Crippen LogP contribution in [0.25, 0.3) is 0 Å². The number of rotatable bonds is 16. The van der Waals surface area contributed by atoms with Crippen LogP contribution in [-0.2, 0) is 28.7 Å². The third-order valence-corrected chi connectivity index (χ3v) is 6.47. The Morgan fingerprint density at radius 1 is 0.976 bits per heavy atom. The van der Waals surface area contributed by atoms with Crippen molar-refractivity contribution in [2.45, 2.75) is 104 Å². The molecule has 1 aromatic rings. The highest BCUT2D eigenvalue weighted by molar-refractivity contribution is 5.95. The molecule has 0 aliphatic carbocycles. The predicted octanol–water partition coefficient (Wildman–Crippen LogP) is 3.59. The summed E-state index contributed by atoms with van der Waals surface area (Å²) in [5.41, 5.74) is 7.02. The number of unbranched alkanes of at least 4 members (excludes halogenated alkanes) is 5. The molecular formula is C30H48N4O7. The maximum Gasteiger partial charge on any atom is 0.408 e. The minimum absolute atomic E-state index is 0.166. The normalized spacial score (nSPS) is 12.6. The van der Waals surface area contributed by atoms with Crippen molar-refractivity contribution in [2.24, 2.45) is 5.73 Å². The van der Waals surface area contributed by atoms with Crippen LogP contribution in [0.3, 0.4) is 0 Å². The molecule has 41 heavy (non-hydrogen) atoms. The zero-order chi connectivity index (χ0) is 31.2. The van der Waals surface area contributed by atoms with Gasteiger partial charge in [-0.1, -0.05) is 57.2 Å². The molecule has 0 heterocycles. The van der Waals surface area contributed by atoms with Crippen molar-refractivity contribution in [1.29, 1.82) is 0 Å². The summed E-state index contributed by atoms with van der Waals surface area (Å²) >= 11 is 0. The van der Waals surface area contributed by atoms with E-state index in [0.717, 1.165) is 43.2 Å². The molecule has 4 amide bonds. The number of carbonyl (C=O) groups excluding carboxylic acids is 5. The molecule has 0 saturated heterocycles. The van der Waals surface area contributed by atoms with Gasteiger partial charge in [-0.2, -0.15) is 0 Å². The van der Waals surface area contributed by atoms with Crippen molar-refractivity contribution < 1.29 is 33.4 Å². The molecule has 0 aromatic heterocycles. The number of nitrogens with two attached hydrogens (primary N) is 1. The van der Waals surface area contributed by atoms with E-state index in [1.54, 1.807) is 26.8 Å². The molecule has 11 nitrogen and oxygen atoms in total. The molecule has 1 rings (SSSR count). The lowest BCUT2D eigenvalue weighted by atomic mass is 9.97. The summed E-state index contributed by atoms with van der Waals surface area (Å²) in [5.74, 6) is -2.73. The summed E-state index contributed by atoms with van der Waals surface area (Å²) in [4.78, 5) is 65.4. The van der Waals surface area contributed by atoms with Gasteiger partial charge in [0.15, 0.2) is 0 Å². The van der Waals surface area contributed by atoms with Crippen LogP contribution in [0.5, 0.6) is 0 Å². The average molecular weight is 577 g/mol. The molecule has 0 bridgehead atoms. The standard InChI is InChI=1S/C30H48N4O7/c1-8-9-10-11-12-13-16-34(28(38)23(18-24(31)35)33-29(39)41-30(4,5)6)26(27(37)32-19-25(36)40-7)22-15-14-20(2)21(3)17-22/h14-15,17,23,26H,8-13,16,18-19H2,1-7H3,(H2,31,35)(H,32,37)(H,33,39). The van der Waals surface area contributed by atoms with Crippen molar-refractivity contribution in [3.05, 3.63) is 34.9 Å². The lowest BCUT2D eigenvalue weighted by Gasteiger charge is -2.34. The Kier molecular flexibility index (Phi) is 14.9. The quantitative estimate of drug-likeness (QED) is 0.200. The Bertz CT molecular complexity index is 1050. The van der Waals surface area contributed by atoms with E-state index in [1.807, 2.05) is 26.0 Å². The van der Waals surface area contributed by atoms with E-state index in [2.05, 4.69) is 22.3 Å². The van der Waals surface area contributed by atoms with Crippen LogP contribution in [0.2, 0.25) is 0 Å². The number of benzene rings is 1. The predicted molar refractivity (Wildman–Crippen MR) is 156 cm³/mol. The van der Waals surface area contributed by atoms with Gasteiger partial charge in [0, 0.05) is 6.54 Å². The number of primary amides is 1. The van der Waals surface area contributed by atoms with Crippen LogP contribution in [0.15, 0.2) is 18.2 Å². The number of aryl methyl sites for hydroxylation is 2. The minimum Gasteiger partial charge on any atom is -0.468 e. The van der Waals surface area contributed by atoms with Crippen molar-refractivity contribution in [2.75, 3.05) is 20.2 Å². The van der Waals surface area contributed by atoms with Crippen LogP contribution < -0.4 is 16.4 Å². The number of hydrogen-bond acceptors (Lipinski definition) is 7. The van der Waals surface area contributed by atoms with Crippen molar-refractivity contribution >= 4 is 29.8 Å². The zero-order valence-corrected chi connectivity index (χ0v) is 25.6. The number of nitrogens with zero attached hydrogens (tertiary/aromatic N) is 1. The first-order chi connectivity index (χ1) is 19.2. The molecule has 0 radical (unpaired) electrons. The van der Waals surface area contributed by atoms with Gasteiger partial charge >= 0.3 is 12.1 Å². The van der Waals surface area contributed by atoms with Crippen molar-refractivity contribution in [1.82, 2.24) is 15.5 Å². The smallest absolute Gasteiger partial charge is 0.408 e. The molecule has 0 saturated carbocycles. The fraction of sp³-hybridized carbons (Fsp3) is 0.633. The van der Waals surface area contributed by atoms with Gasteiger partial charge in [-0.05, 0) is 57.7 Å². The second-order valence-electron chi connectivity index (χ2n) is 11.2. The van der Waals surface area contributed by atoms with Crippen molar-refractivity contribution in [3.63, 3.8) is 0 Å². The molecule has 1 aromatic carbocycles. The van der Waals surface area contributed by atoms with Gasteiger partial charge in [-0.3, -0.25) is 19.2 Å². The average Bonchev–Trinajstić information content (AvgIpc) is 2.88. The molecule has 11 heteroatoms. The Hall–Kier alpha value is -3.63. The summed E-state index contributed by atoms with van der Waals surface area (Å²) in [7, 11) is 1.21. The lowest BCUT2D eigenvalue weighted by molar-refractivity contribution is -0.145. The second kappa shape index (κ2) is 17.2. The summed E-state index contributed by atoms with van der Waals surface area (Å²) < 4.78 is 9.97. The van der Waals surface area contributed by atoms with E-state index in [1.165, 1.54) is 12.0 Å². The van der Waals surface area contributed by atoms with Gasteiger partial charge in [-0.15, -0.1) is 0 Å². The maximum absolute atomic E-state index is 14.1. The minimum atomic E-state index is -1.37. The van der Waals surface area contributed by atoms with Gasteiger partial charge in [-0.25, -0.2) is 4.79 Å². The van der Waals surface area contributed by atoms with E-state index in [9.17, 15) is 24.0 Å². The van der Waals surface area contributed by atoms with Crippen LogP contribution in [0.4, 0.5) is 4.79 Å². The molecule has 0 fully saturated rings. The van der Waals surface area contributed by atoms with E-state index < -0.39 is 60.4 Å². The zero-order valence-electron chi connectivity index (χ0n) is 25.6. The highest BCUT2D eigenvalue weighted by Gasteiger charge is 2.37. The summed E-state index contributed by atoms with van der Waals surface area (Å²) in [6.07, 6.45) is 4.21. The van der Waals surface area contributed by atoms with Gasteiger partial charge < -0.3 is 30.7 Å². The molecule has 2 unspecified atom stereocenters. The summed E-state index contributed by atoms with van der Waals surface area (Å²) in [6.45, 7) is 10.7. The number of nitrogens with one attached hydrogen (secondary N) is 2. The van der Waals surface area contributed by atoms with E-state index in [4.69, 9.17) is 10.5 Å². The number of alkyl carbamates (subject to hydrolysis) is 1. The summed E-state index contributed by atoms with van der Waals surface area (Å²) in [6, 6.07) is 2.88. The van der Waals surface area contributed by atoms with Gasteiger partial charge in [0.2, 0.25) is 17.7 Å². The third kappa shape index (κ3) is 13.1. The molecule has 0 aliphatic heterocycles. The number of hydrogen-bond donors (Lipinski definition) is 3. The first kappa shape index (κ1) is 35.4. The van der Waals surface area contributed by atoms with Gasteiger partial charge in [0.1, 0.15) is 24.2 Å². The van der Waals surface area contributed by atoms with E-state index >= 15 is 0 Å². The highest BCUT2D eigenvalue weighted by atomic mass is 16.6. The number of methoxy groups -OCH3 is 1. The molecule has 2 atom stereocenters. The highest BCUT2D eigenvalue weighted by Crippen LogP contribution is 2.26. The Balaban J connectivity index is 3.52. The molecule has 0 spiro atoms. The number of carbonyl (C=O) groups is 5. The summed E-state index contributed by atoms with van der Waals surface area (Å²) in [5, 5.41) is 5.03. The molecular weight excluding hydrogens is 528 g/mol. The molecule has 4 N–H and O–H groups in total. The lowest BCUT2D eigenvalue weighted by Crippen LogP contribution is -2.54. The van der Waals surface area contributed by atoms with Crippen LogP contribution in [-0.4, -0.2) is 66.5 Å². The van der Waals surface area contributed by atoms with Crippen LogP contribution in [0.1, 0.15) is 95.4 Å². The monoisotopic (exact) mass is 576 g/mol. The number of ether oxygens (including phenoxy) is 2. The van der Waals surface area contributed by atoms with Gasteiger partial charge in [0.25, 0.3) is 0 Å². The van der Waals surface area contributed by atoms with Crippen LogP contribution in [0, 0.1) is 13.8 Å². The van der Waals surface area contributed by atoms with Crippen molar-refractivity contribution in [3.8, 4) is 0 Å². The number of esters is 1. The first-order valence-corrected chi connectivity index (χ1v) is 14.2.